The molecule has 5 rings (SSSR count). The third-order valence-electron chi connectivity index (χ3n) is 7.91. The Morgan fingerprint density at radius 2 is 1.86 bits per heavy atom. The van der Waals surface area contributed by atoms with Crippen molar-refractivity contribution in [1.29, 1.82) is 5.26 Å². The van der Waals surface area contributed by atoms with E-state index in [2.05, 4.69) is 19.9 Å². The molecule has 0 bridgehead atoms. The molecule has 1 aliphatic heterocycles. The number of aryl methyl sites for hydroxylation is 1. The number of methoxy groups -OCH3 is 1. The first-order valence-corrected chi connectivity index (χ1v) is 12.0. The van der Waals surface area contributed by atoms with Gasteiger partial charge in [0.05, 0.1) is 36.3 Å². The lowest BCUT2D eigenvalue weighted by Crippen LogP contribution is -2.38. The Morgan fingerprint density at radius 3 is 2.50 bits per heavy atom. The van der Waals surface area contributed by atoms with Gasteiger partial charge in [-0.2, -0.15) is 5.26 Å². The van der Waals surface area contributed by atoms with Crippen LogP contribution in [0.1, 0.15) is 58.4 Å². The summed E-state index contributed by atoms with van der Waals surface area (Å²) in [6.45, 7) is 6.32. The fourth-order valence-corrected chi connectivity index (χ4v) is 6.27. The Balaban J connectivity index is 1.62. The molecular weight excluding hydrogens is 455 g/mol. The Labute approximate surface area is 210 Å². The summed E-state index contributed by atoms with van der Waals surface area (Å²) >= 11 is 0. The highest BCUT2D eigenvalue weighted by atomic mass is 19.1. The van der Waals surface area contributed by atoms with Crippen molar-refractivity contribution >= 4 is 17.6 Å². The van der Waals surface area contributed by atoms with Crippen LogP contribution in [0.25, 0.3) is 0 Å². The summed E-state index contributed by atoms with van der Waals surface area (Å²) in [5.41, 5.74) is 3.63. The molecule has 1 amide bonds. The summed E-state index contributed by atoms with van der Waals surface area (Å²) < 4.78 is 19.5. The highest BCUT2D eigenvalue weighted by molar-refractivity contribution is 6.12. The van der Waals surface area contributed by atoms with Crippen LogP contribution in [0.15, 0.2) is 60.7 Å². The summed E-state index contributed by atoms with van der Waals surface area (Å²) in [7, 11) is 1.34. The van der Waals surface area contributed by atoms with Gasteiger partial charge in [0.1, 0.15) is 5.82 Å². The number of fused-ring (bicyclic) bond motifs is 2. The van der Waals surface area contributed by atoms with Gasteiger partial charge in [-0.05, 0) is 84.0 Å². The first-order valence-electron chi connectivity index (χ1n) is 12.0. The van der Waals surface area contributed by atoms with Gasteiger partial charge < -0.3 is 9.64 Å². The molecule has 0 radical (unpaired) electrons. The molecule has 36 heavy (non-hydrogen) atoms. The number of halogens is 1. The summed E-state index contributed by atoms with van der Waals surface area (Å²) in [5.74, 6) is -0.790. The molecule has 1 unspecified atom stereocenters. The summed E-state index contributed by atoms with van der Waals surface area (Å²) in [5, 5.41) is 9.25. The molecule has 1 saturated carbocycles. The predicted octanol–water partition coefficient (Wildman–Crippen LogP) is 5.57. The van der Waals surface area contributed by atoms with Crippen LogP contribution in [0.4, 0.5) is 10.1 Å². The lowest BCUT2D eigenvalue weighted by molar-refractivity contribution is -0.121. The normalized spacial score (nSPS) is 22.0. The molecule has 0 N–H and O–H groups in total. The zero-order chi connectivity index (χ0) is 25.8. The molecule has 2 aliphatic rings. The predicted molar refractivity (Wildman–Crippen MR) is 134 cm³/mol. The largest absolute Gasteiger partial charge is 0.465 e. The Hall–Kier alpha value is -3.98. The first-order chi connectivity index (χ1) is 17.2. The van der Waals surface area contributed by atoms with E-state index in [-0.39, 0.29) is 24.2 Å². The van der Waals surface area contributed by atoms with Crippen molar-refractivity contribution in [3.63, 3.8) is 0 Å². The van der Waals surface area contributed by atoms with E-state index in [9.17, 15) is 19.2 Å². The van der Waals surface area contributed by atoms with Crippen LogP contribution >= 0.6 is 0 Å². The van der Waals surface area contributed by atoms with Gasteiger partial charge >= 0.3 is 5.97 Å². The van der Waals surface area contributed by atoms with Crippen LogP contribution in [0, 0.1) is 30.0 Å². The Kier molecular flexibility index (Phi) is 5.48. The van der Waals surface area contributed by atoms with E-state index in [0.29, 0.717) is 28.8 Å². The summed E-state index contributed by atoms with van der Waals surface area (Å²) in [6, 6.07) is 19.5. The van der Waals surface area contributed by atoms with Crippen LogP contribution in [-0.4, -0.2) is 19.0 Å². The van der Waals surface area contributed by atoms with Crippen LogP contribution in [0.5, 0.6) is 0 Å². The van der Waals surface area contributed by atoms with Crippen LogP contribution in [0.2, 0.25) is 0 Å². The lowest BCUT2D eigenvalue weighted by atomic mass is 9.75. The number of amides is 1. The second-order valence-electron chi connectivity index (χ2n) is 10.1. The van der Waals surface area contributed by atoms with Crippen LogP contribution < -0.4 is 4.90 Å². The van der Waals surface area contributed by atoms with Gasteiger partial charge in [0, 0.05) is 11.1 Å². The summed E-state index contributed by atoms with van der Waals surface area (Å²) in [6.07, 6.45) is 0.566. The Morgan fingerprint density at radius 1 is 1.14 bits per heavy atom. The minimum Gasteiger partial charge on any atom is -0.465 e. The van der Waals surface area contributed by atoms with Crippen molar-refractivity contribution in [3.05, 3.63) is 99.9 Å². The van der Waals surface area contributed by atoms with Crippen molar-refractivity contribution in [2.75, 3.05) is 12.0 Å². The van der Waals surface area contributed by atoms with E-state index in [1.54, 1.807) is 35.2 Å². The van der Waals surface area contributed by atoms with E-state index in [1.807, 2.05) is 25.1 Å². The minimum absolute atomic E-state index is 0.0673. The van der Waals surface area contributed by atoms with Gasteiger partial charge in [-0.15, -0.1) is 0 Å². The SMILES string of the molecule is COC(=O)c1cc(C)cc(CN2C(=O)C3(C[C@@]3(c3ccc(C#N)cc3)C(C)C)c3cc(F)ccc32)c1. The average molecular weight is 483 g/mol. The van der Waals surface area contributed by atoms with Gasteiger partial charge in [-0.3, -0.25) is 4.79 Å². The van der Waals surface area contributed by atoms with Gasteiger partial charge in [0.15, 0.2) is 0 Å². The van der Waals surface area contributed by atoms with Crippen LogP contribution in [0.3, 0.4) is 0 Å². The van der Waals surface area contributed by atoms with E-state index in [4.69, 9.17) is 4.74 Å². The smallest absolute Gasteiger partial charge is 0.337 e. The number of nitrogens with zero attached hydrogens (tertiary/aromatic N) is 2. The second-order valence-corrected chi connectivity index (χ2v) is 10.1. The number of anilines is 1. The van der Waals surface area contributed by atoms with E-state index in [1.165, 1.54) is 19.2 Å². The first kappa shape index (κ1) is 23.7. The maximum Gasteiger partial charge on any atom is 0.337 e. The number of hydrogen-bond donors (Lipinski definition) is 0. The number of nitriles is 1. The molecular formula is C30H27FN2O3. The third-order valence-corrected chi connectivity index (χ3v) is 7.91. The molecule has 1 fully saturated rings. The molecule has 2 atom stereocenters. The number of esters is 1. The molecule has 3 aromatic carbocycles. The molecule has 5 nitrogen and oxygen atoms in total. The van der Waals surface area contributed by atoms with E-state index in [0.717, 1.165) is 16.7 Å². The van der Waals surface area contributed by atoms with E-state index < -0.39 is 16.8 Å². The van der Waals surface area contributed by atoms with Crippen molar-refractivity contribution in [1.82, 2.24) is 0 Å². The van der Waals surface area contributed by atoms with Gasteiger partial charge in [-0.1, -0.05) is 32.0 Å². The van der Waals surface area contributed by atoms with Crippen LogP contribution in [-0.2, 0) is 26.9 Å². The highest BCUT2D eigenvalue weighted by Gasteiger charge is 2.77. The average Bonchev–Trinajstić information content (AvgIpc) is 3.54. The number of carbonyl (C=O) groups is 2. The van der Waals surface area contributed by atoms with Crippen molar-refractivity contribution in [2.45, 2.75) is 44.6 Å². The van der Waals surface area contributed by atoms with Crippen molar-refractivity contribution < 1.29 is 18.7 Å². The molecule has 1 spiro atoms. The second kappa shape index (κ2) is 8.30. The number of benzene rings is 3. The molecule has 182 valence electrons. The number of ether oxygens (including phenoxy) is 1. The molecule has 1 aliphatic carbocycles. The monoisotopic (exact) mass is 482 g/mol. The van der Waals surface area contributed by atoms with E-state index >= 15 is 0 Å². The lowest BCUT2D eigenvalue weighted by Gasteiger charge is -2.27. The van der Waals surface area contributed by atoms with Gasteiger partial charge in [-0.25, -0.2) is 9.18 Å². The molecule has 1 heterocycles. The quantitative estimate of drug-likeness (QED) is 0.446. The third kappa shape index (κ3) is 3.26. The number of hydrogen-bond acceptors (Lipinski definition) is 4. The molecule has 0 saturated heterocycles. The molecule has 3 aromatic rings. The van der Waals surface area contributed by atoms with Gasteiger partial charge in [0.2, 0.25) is 5.91 Å². The van der Waals surface area contributed by atoms with Gasteiger partial charge in [0.25, 0.3) is 0 Å². The van der Waals surface area contributed by atoms with Crippen molar-refractivity contribution in [3.8, 4) is 6.07 Å². The molecule has 6 heteroatoms. The highest BCUT2D eigenvalue weighted by Crippen LogP contribution is 2.73. The van der Waals surface area contributed by atoms with Crippen molar-refractivity contribution in [2.24, 2.45) is 5.92 Å². The standard InChI is InChI=1S/C30H27FN2O3/c1-18(2)29(23-7-5-20(15-32)6-8-23)17-30(29)25-14-24(31)9-10-26(25)33(28(30)35)16-21-11-19(3)12-22(13-21)27(34)36-4/h5-14,18H,16-17H2,1-4H3/t29-,30?/m0/s1. The zero-order valence-corrected chi connectivity index (χ0v) is 20.8. The fraction of sp³-hybridized carbons (Fsp3) is 0.300. The minimum atomic E-state index is -0.887. The summed E-state index contributed by atoms with van der Waals surface area (Å²) in [4.78, 5) is 28.2. The maximum absolute atomic E-state index is 14.6. The number of carbonyl (C=O) groups excluding carboxylic acids is 2. The molecule has 0 aromatic heterocycles. The topological polar surface area (TPSA) is 70.4 Å². The number of rotatable bonds is 5. The fourth-order valence-electron chi connectivity index (χ4n) is 6.27. The Bertz CT molecular complexity index is 1440. The zero-order valence-electron chi connectivity index (χ0n) is 20.8. The maximum atomic E-state index is 14.6.